The van der Waals surface area contributed by atoms with Gasteiger partial charge in [-0.1, -0.05) is 24.3 Å². The molecule has 4 rings (SSSR count). The third-order valence-electron chi connectivity index (χ3n) is 5.15. The second-order valence-corrected chi connectivity index (χ2v) is 9.20. The Hall–Kier alpha value is -2.87. The summed E-state index contributed by atoms with van der Waals surface area (Å²) in [5.41, 5.74) is 1.68. The minimum Gasteiger partial charge on any atom is -0.460 e. The van der Waals surface area contributed by atoms with Gasteiger partial charge in [-0.25, -0.2) is 18.0 Å². The fourth-order valence-electron chi connectivity index (χ4n) is 3.81. The lowest BCUT2D eigenvalue weighted by molar-refractivity contribution is -0.147. The molecule has 2 aromatic rings. The highest BCUT2D eigenvalue weighted by atomic mass is 32.2. The van der Waals surface area contributed by atoms with Gasteiger partial charge in [0.1, 0.15) is 6.10 Å². The zero-order chi connectivity index (χ0) is 20.8. The van der Waals surface area contributed by atoms with Crippen molar-refractivity contribution in [1.29, 1.82) is 0 Å². The predicted molar refractivity (Wildman–Crippen MR) is 105 cm³/mol. The fraction of sp³-hybridized carbons (Fsp3) is 0.333. The van der Waals surface area contributed by atoms with Crippen LogP contribution in [-0.4, -0.2) is 38.6 Å². The number of esters is 2. The Bertz CT molecular complexity index is 1080. The molecule has 0 bridgehead atoms. The van der Waals surface area contributed by atoms with Gasteiger partial charge < -0.3 is 9.47 Å². The number of carbonyl (C=O) groups excluding carboxylic acids is 2. The molecule has 0 N–H and O–H groups in total. The summed E-state index contributed by atoms with van der Waals surface area (Å²) in [6.07, 6.45) is -0.379. The van der Waals surface area contributed by atoms with E-state index in [2.05, 4.69) is 0 Å². The number of para-hydroxylation sites is 1. The molecule has 7 nitrogen and oxygen atoms in total. The van der Waals surface area contributed by atoms with Crippen molar-refractivity contribution >= 4 is 27.6 Å². The maximum Gasteiger partial charge on any atom is 0.347 e. The summed E-state index contributed by atoms with van der Waals surface area (Å²) in [5.74, 6) is -1.34. The summed E-state index contributed by atoms with van der Waals surface area (Å²) in [6.45, 7) is 3.57. The van der Waals surface area contributed by atoms with Crippen LogP contribution in [0, 0.1) is 0 Å². The first-order valence-corrected chi connectivity index (χ1v) is 10.9. The number of anilines is 1. The SMILES string of the molecule is CC1CC(OC(=O)c2cccc(S(=O)(=O)N3c4ccccc4CC3C)c2)C(=O)O1. The number of benzene rings is 2. The van der Waals surface area contributed by atoms with Crippen LogP contribution >= 0.6 is 0 Å². The minimum absolute atomic E-state index is 0.00197. The lowest BCUT2D eigenvalue weighted by Crippen LogP contribution is -2.35. The lowest BCUT2D eigenvalue weighted by Gasteiger charge is -2.24. The van der Waals surface area contributed by atoms with Gasteiger partial charge in [-0.3, -0.25) is 4.31 Å². The Labute approximate surface area is 169 Å². The Morgan fingerprint density at radius 1 is 1.14 bits per heavy atom. The second-order valence-electron chi connectivity index (χ2n) is 7.39. The number of cyclic esters (lactones) is 1. The number of rotatable bonds is 4. The number of carbonyl (C=O) groups is 2. The van der Waals surface area contributed by atoms with Crippen LogP contribution in [0.5, 0.6) is 0 Å². The molecule has 8 heteroatoms. The molecule has 3 unspecified atom stereocenters. The average Bonchev–Trinajstić information content (AvgIpc) is 3.19. The Morgan fingerprint density at radius 3 is 2.62 bits per heavy atom. The summed E-state index contributed by atoms with van der Waals surface area (Å²) in [5, 5.41) is 0. The van der Waals surface area contributed by atoms with E-state index in [0.717, 1.165) is 5.56 Å². The summed E-state index contributed by atoms with van der Waals surface area (Å²) in [6, 6.07) is 12.8. The van der Waals surface area contributed by atoms with Crippen LogP contribution in [0.15, 0.2) is 53.4 Å². The number of hydrogen-bond donors (Lipinski definition) is 0. The van der Waals surface area contributed by atoms with Crippen molar-refractivity contribution in [3.8, 4) is 0 Å². The molecule has 1 saturated heterocycles. The van der Waals surface area contributed by atoms with E-state index in [1.54, 1.807) is 19.1 Å². The Morgan fingerprint density at radius 2 is 1.90 bits per heavy atom. The normalized spacial score (nSPS) is 23.6. The number of sulfonamides is 1. The van der Waals surface area contributed by atoms with Crippen molar-refractivity contribution in [3.05, 3.63) is 59.7 Å². The van der Waals surface area contributed by atoms with Crippen LogP contribution in [0.3, 0.4) is 0 Å². The van der Waals surface area contributed by atoms with E-state index in [4.69, 9.17) is 9.47 Å². The largest absolute Gasteiger partial charge is 0.460 e. The maximum atomic E-state index is 13.3. The highest BCUT2D eigenvalue weighted by Crippen LogP contribution is 2.36. The van der Waals surface area contributed by atoms with Gasteiger partial charge in [0.2, 0.25) is 6.10 Å². The molecule has 2 aromatic carbocycles. The van der Waals surface area contributed by atoms with Crippen LogP contribution in [0.2, 0.25) is 0 Å². The van der Waals surface area contributed by atoms with Crippen molar-refractivity contribution in [2.45, 2.75) is 49.8 Å². The van der Waals surface area contributed by atoms with Gasteiger partial charge in [-0.05, 0) is 50.1 Å². The van der Waals surface area contributed by atoms with E-state index in [-0.39, 0.29) is 29.0 Å². The van der Waals surface area contributed by atoms with E-state index < -0.39 is 28.1 Å². The highest BCUT2D eigenvalue weighted by Gasteiger charge is 2.37. The molecule has 0 radical (unpaired) electrons. The summed E-state index contributed by atoms with van der Waals surface area (Å²) in [4.78, 5) is 24.2. The maximum absolute atomic E-state index is 13.3. The standard InChI is InChI=1S/C21H21NO6S/c1-13-10-15-6-3-4-9-18(15)22(13)29(25,26)17-8-5-7-16(12-17)20(23)28-19-11-14(2)27-21(19)24/h3-9,12-14,19H,10-11H2,1-2H3. The molecule has 152 valence electrons. The van der Waals surface area contributed by atoms with E-state index >= 15 is 0 Å². The quantitative estimate of drug-likeness (QED) is 0.714. The van der Waals surface area contributed by atoms with E-state index in [9.17, 15) is 18.0 Å². The molecule has 0 amide bonds. The molecular formula is C21H21NO6S. The zero-order valence-electron chi connectivity index (χ0n) is 16.1. The predicted octanol–water partition coefficient (Wildman–Crippen LogP) is 2.69. The second kappa shape index (κ2) is 7.18. The smallest absolute Gasteiger partial charge is 0.347 e. The molecular weight excluding hydrogens is 394 g/mol. The fourth-order valence-corrected chi connectivity index (χ4v) is 5.55. The van der Waals surface area contributed by atoms with E-state index in [0.29, 0.717) is 12.1 Å². The Balaban J connectivity index is 1.61. The van der Waals surface area contributed by atoms with Gasteiger partial charge in [0.05, 0.1) is 16.1 Å². The molecule has 2 heterocycles. The van der Waals surface area contributed by atoms with E-state index in [1.165, 1.54) is 28.6 Å². The molecule has 0 saturated carbocycles. The van der Waals surface area contributed by atoms with Gasteiger partial charge in [-0.15, -0.1) is 0 Å². The van der Waals surface area contributed by atoms with Crippen molar-refractivity contribution in [3.63, 3.8) is 0 Å². The first kappa shape index (κ1) is 19.4. The van der Waals surface area contributed by atoms with Gasteiger partial charge in [0, 0.05) is 12.5 Å². The number of fused-ring (bicyclic) bond motifs is 1. The molecule has 0 aliphatic carbocycles. The molecule has 0 aromatic heterocycles. The molecule has 0 spiro atoms. The summed E-state index contributed by atoms with van der Waals surface area (Å²) >= 11 is 0. The third-order valence-corrected chi connectivity index (χ3v) is 7.07. The van der Waals surface area contributed by atoms with Crippen LogP contribution in [-0.2, 0) is 30.7 Å². The lowest BCUT2D eigenvalue weighted by atomic mass is 10.1. The topological polar surface area (TPSA) is 90.0 Å². The van der Waals surface area contributed by atoms with E-state index in [1.807, 2.05) is 19.1 Å². The molecule has 3 atom stereocenters. The molecule has 29 heavy (non-hydrogen) atoms. The summed E-state index contributed by atoms with van der Waals surface area (Å²) < 4.78 is 38.2. The number of nitrogens with zero attached hydrogens (tertiary/aromatic N) is 1. The van der Waals surface area contributed by atoms with Crippen molar-refractivity contribution in [2.75, 3.05) is 4.31 Å². The van der Waals surface area contributed by atoms with Crippen molar-refractivity contribution in [1.82, 2.24) is 0 Å². The van der Waals surface area contributed by atoms with Gasteiger partial charge in [0.15, 0.2) is 0 Å². The van der Waals surface area contributed by atoms with Crippen LogP contribution in [0.4, 0.5) is 5.69 Å². The van der Waals surface area contributed by atoms with Gasteiger partial charge >= 0.3 is 11.9 Å². The summed E-state index contributed by atoms with van der Waals surface area (Å²) in [7, 11) is -3.87. The number of ether oxygens (including phenoxy) is 2. The first-order chi connectivity index (χ1) is 13.8. The first-order valence-electron chi connectivity index (χ1n) is 9.41. The highest BCUT2D eigenvalue weighted by molar-refractivity contribution is 7.92. The molecule has 2 aliphatic heterocycles. The van der Waals surface area contributed by atoms with Crippen molar-refractivity contribution < 1.29 is 27.5 Å². The monoisotopic (exact) mass is 415 g/mol. The number of hydrogen-bond acceptors (Lipinski definition) is 6. The van der Waals surface area contributed by atoms with Crippen LogP contribution in [0.25, 0.3) is 0 Å². The zero-order valence-corrected chi connectivity index (χ0v) is 16.9. The van der Waals surface area contributed by atoms with Crippen LogP contribution < -0.4 is 4.31 Å². The minimum atomic E-state index is -3.87. The van der Waals surface area contributed by atoms with Gasteiger partial charge in [-0.2, -0.15) is 0 Å². The van der Waals surface area contributed by atoms with Crippen LogP contribution in [0.1, 0.15) is 36.2 Å². The average molecular weight is 415 g/mol. The third kappa shape index (κ3) is 3.48. The molecule has 1 fully saturated rings. The van der Waals surface area contributed by atoms with Gasteiger partial charge in [0.25, 0.3) is 10.0 Å². The molecule has 2 aliphatic rings. The Kier molecular flexibility index (Phi) is 4.82. The van der Waals surface area contributed by atoms with Crippen molar-refractivity contribution in [2.24, 2.45) is 0 Å².